The van der Waals surface area contributed by atoms with Crippen molar-refractivity contribution in [2.45, 2.75) is 6.54 Å². The van der Waals surface area contributed by atoms with Gasteiger partial charge in [-0.2, -0.15) is 4.68 Å². The third-order valence-electron chi connectivity index (χ3n) is 3.07. The molecule has 0 unspecified atom stereocenters. The van der Waals surface area contributed by atoms with Gasteiger partial charge in [-0.15, -0.1) is 5.10 Å². The van der Waals surface area contributed by atoms with Crippen LogP contribution in [-0.2, 0) is 6.54 Å². The number of nitrogens with zero attached hydrogens (tertiary/aromatic N) is 4. The van der Waals surface area contributed by atoms with Gasteiger partial charge >= 0.3 is 0 Å². The Hall–Kier alpha value is -1.95. The van der Waals surface area contributed by atoms with E-state index in [1.54, 1.807) is 16.8 Å². The number of hydrogen-bond acceptors (Lipinski definition) is 4. The zero-order chi connectivity index (χ0) is 14.8. The molecular formula is C14H11Cl2N5. The molecule has 7 heteroatoms. The van der Waals surface area contributed by atoms with Crippen molar-refractivity contribution in [3.63, 3.8) is 0 Å². The Labute approximate surface area is 131 Å². The Balaban J connectivity index is 2.05. The molecule has 2 aromatic carbocycles. The maximum atomic E-state index is 6.04. The zero-order valence-corrected chi connectivity index (χ0v) is 12.4. The zero-order valence-electron chi connectivity index (χ0n) is 10.9. The van der Waals surface area contributed by atoms with Gasteiger partial charge in [-0.3, -0.25) is 0 Å². The molecule has 3 aromatic rings. The highest BCUT2D eigenvalue weighted by Gasteiger charge is 2.11. The Morgan fingerprint density at radius 1 is 1.00 bits per heavy atom. The van der Waals surface area contributed by atoms with Crippen molar-refractivity contribution in [3.8, 4) is 17.1 Å². The van der Waals surface area contributed by atoms with Gasteiger partial charge in [0.15, 0.2) is 5.82 Å². The van der Waals surface area contributed by atoms with E-state index in [2.05, 4.69) is 15.5 Å². The van der Waals surface area contributed by atoms with E-state index in [1.165, 1.54) is 0 Å². The van der Waals surface area contributed by atoms with Gasteiger partial charge in [0.2, 0.25) is 0 Å². The molecule has 0 aliphatic carbocycles. The summed E-state index contributed by atoms with van der Waals surface area (Å²) in [4.78, 5) is 0. The lowest BCUT2D eigenvalue weighted by molar-refractivity contribution is 0.791. The van der Waals surface area contributed by atoms with E-state index < -0.39 is 0 Å². The lowest BCUT2D eigenvalue weighted by atomic mass is 10.1. The van der Waals surface area contributed by atoms with E-state index >= 15 is 0 Å². The molecule has 106 valence electrons. The third-order valence-corrected chi connectivity index (χ3v) is 3.80. The highest BCUT2D eigenvalue weighted by atomic mass is 35.5. The number of nitrogens with two attached hydrogens (primary N) is 1. The molecule has 21 heavy (non-hydrogen) atoms. The molecule has 1 heterocycles. The van der Waals surface area contributed by atoms with Crippen LogP contribution in [0.4, 0.5) is 0 Å². The van der Waals surface area contributed by atoms with Crippen molar-refractivity contribution < 1.29 is 0 Å². The van der Waals surface area contributed by atoms with E-state index in [4.69, 9.17) is 28.9 Å². The first kappa shape index (κ1) is 14.0. The average molecular weight is 320 g/mol. The second-order valence-electron chi connectivity index (χ2n) is 4.41. The molecular weight excluding hydrogens is 309 g/mol. The molecule has 1 aromatic heterocycles. The summed E-state index contributed by atoms with van der Waals surface area (Å²) >= 11 is 12.0. The monoisotopic (exact) mass is 319 g/mol. The van der Waals surface area contributed by atoms with Crippen molar-refractivity contribution in [1.82, 2.24) is 20.2 Å². The lowest BCUT2D eigenvalue weighted by Crippen LogP contribution is -2.00. The normalized spacial score (nSPS) is 10.8. The van der Waals surface area contributed by atoms with E-state index in [1.807, 2.05) is 30.3 Å². The predicted octanol–water partition coefficient (Wildman–Crippen LogP) is 3.09. The standard InChI is InChI=1S/C14H11Cl2N5/c15-12-6-5-11(7-13(12)16)21-14(18-19-20-21)10-3-1-9(8-17)2-4-10/h1-7H,8,17H2. The number of aromatic nitrogens is 4. The summed E-state index contributed by atoms with van der Waals surface area (Å²) in [6.45, 7) is 0.498. The third kappa shape index (κ3) is 2.76. The molecule has 3 rings (SSSR count). The fourth-order valence-electron chi connectivity index (χ4n) is 1.95. The minimum atomic E-state index is 0.453. The molecule has 0 aliphatic heterocycles. The first-order valence-electron chi connectivity index (χ1n) is 6.22. The summed E-state index contributed by atoms with van der Waals surface area (Å²) < 4.78 is 1.61. The van der Waals surface area contributed by atoms with E-state index in [0.29, 0.717) is 22.4 Å². The van der Waals surface area contributed by atoms with Crippen LogP contribution in [0.2, 0.25) is 10.0 Å². The van der Waals surface area contributed by atoms with Gasteiger partial charge < -0.3 is 5.73 Å². The summed E-state index contributed by atoms with van der Waals surface area (Å²) in [5.74, 6) is 0.622. The van der Waals surface area contributed by atoms with Crippen molar-refractivity contribution in [2.75, 3.05) is 0 Å². The van der Waals surface area contributed by atoms with E-state index in [0.717, 1.165) is 16.8 Å². The first-order chi connectivity index (χ1) is 10.2. The molecule has 2 N–H and O–H groups in total. The van der Waals surface area contributed by atoms with Gasteiger partial charge in [-0.05, 0) is 34.2 Å². The summed E-state index contributed by atoms with van der Waals surface area (Å²) in [5, 5.41) is 12.7. The fourth-order valence-corrected chi connectivity index (χ4v) is 2.24. The van der Waals surface area contributed by atoms with Crippen molar-refractivity contribution >= 4 is 23.2 Å². The lowest BCUT2D eigenvalue weighted by Gasteiger charge is -2.06. The summed E-state index contributed by atoms with van der Waals surface area (Å²) in [6.07, 6.45) is 0. The molecule has 0 saturated heterocycles. The number of hydrogen-bond donors (Lipinski definition) is 1. The number of rotatable bonds is 3. The van der Waals surface area contributed by atoms with E-state index in [-0.39, 0.29) is 0 Å². The van der Waals surface area contributed by atoms with Crippen LogP contribution in [0.15, 0.2) is 42.5 Å². The Kier molecular flexibility index (Phi) is 3.88. The Morgan fingerprint density at radius 3 is 2.43 bits per heavy atom. The van der Waals surface area contributed by atoms with Gasteiger partial charge in [0.25, 0.3) is 0 Å². The SMILES string of the molecule is NCc1ccc(-c2nnnn2-c2ccc(Cl)c(Cl)c2)cc1. The van der Waals surface area contributed by atoms with Crippen LogP contribution in [-0.4, -0.2) is 20.2 Å². The second-order valence-corrected chi connectivity index (χ2v) is 5.23. The van der Waals surface area contributed by atoms with Crippen LogP contribution in [0.5, 0.6) is 0 Å². The van der Waals surface area contributed by atoms with Crippen molar-refractivity contribution in [2.24, 2.45) is 5.73 Å². The maximum Gasteiger partial charge on any atom is 0.187 e. The number of halogens is 2. The van der Waals surface area contributed by atoms with Gasteiger partial charge in [-0.1, -0.05) is 47.5 Å². The van der Waals surface area contributed by atoms with E-state index in [9.17, 15) is 0 Å². The molecule has 5 nitrogen and oxygen atoms in total. The highest BCUT2D eigenvalue weighted by Crippen LogP contribution is 2.26. The van der Waals surface area contributed by atoms with Crippen LogP contribution >= 0.6 is 23.2 Å². The summed E-state index contributed by atoms with van der Waals surface area (Å²) in [5.41, 5.74) is 8.28. The molecule has 0 amide bonds. The van der Waals surface area contributed by atoms with Crippen LogP contribution in [0.1, 0.15) is 5.56 Å². The Morgan fingerprint density at radius 2 is 1.76 bits per heavy atom. The van der Waals surface area contributed by atoms with Crippen molar-refractivity contribution in [3.05, 3.63) is 58.1 Å². The smallest absolute Gasteiger partial charge is 0.187 e. The van der Waals surface area contributed by atoms with Crippen molar-refractivity contribution in [1.29, 1.82) is 0 Å². The molecule has 0 bridgehead atoms. The summed E-state index contributed by atoms with van der Waals surface area (Å²) in [7, 11) is 0. The largest absolute Gasteiger partial charge is 0.326 e. The molecule has 0 radical (unpaired) electrons. The van der Waals surface area contributed by atoms with Crippen LogP contribution in [0, 0.1) is 0 Å². The van der Waals surface area contributed by atoms with Gasteiger partial charge in [0, 0.05) is 12.1 Å². The van der Waals surface area contributed by atoms with Gasteiger partial charge in [-0.25, -0.2) is 0 Å². The molecule has 0 atom stereocenters. The minimum absolute atomic E-state index is 0.453. The quantitative estimate of drug-likeness (QED) is 0.805. The highest BCUT2D eigenvalue weighted by molar-refractivity contribution is 6.42. The van der Waals surface area contributed by atoms with Crippen LogP contribution in [0.25, 0.3) is 17.1 Å². The molecule has 0 aliphatic rings. The van der Waals surface area contributed by atoms with Gasteiger partial charge in [0.05, 0.1) is 15.7 Å². The second kappa shape index (κ2) is 5.81. The fraction of sp³-hybridized carbons (Fsp3) is 0.0714. The summed E-state index contributed by atoms with van der Waals surface area (Å²) in [6, 6.07) is 13.0. The molecule has 0 saturated carbocycles. The average Bonchev–Trinajstić information content (AvgIpc) is 2.99. The van der Waals surface area contributed by atoms with Crippen LogP contribution in [0.3, 0.4) is 0 Å². The minimum Gasteiger partial charge on any atom is -0.326 e. The van der Waals surface area contributed by atoms with Crippen LogP contribution < -0.4 is 5.73 Å². The topological polar surface area (TPSA) is 69.6 Å². The molecule has 0 spiro atoms. The maximum absolute atomic E-state index is 6.04. The van der Waals surface area contributed by atoms with Gasteiger partial charge in [0.1, 0.15) is 0 Å². The predicted molar refractivity (Wildman–Crippen MR) is 82.5 cm³/mol. The Bertz CT molecular complexity index is 767. The molecule has 0 fully saturated rings. The number of benzene rings is 2. The first-order valence-corrected chi connectivity index (χ1v) is 6.98. The number of tetrazole rings is 1.